The third-order valence-electron chi connectivity index (χ3n) is 6.32. The maximum absolute atomic E-state index is 10.0. The summed E-state index contributed by atoms with van der Waals surface area (Å²) in [4.78, 5) is 7.69. The highest BCUT2D eigenvalue weighted by molar-refractivity contribution is 5.93. The van der Waals surface area contributed by atoms with E-state index in [0.29, 0.717) is 18.6 Å². The van der Waals surface area contributed by atoms with Crippen molar-refractivity contribution in [3.63, 3.8) is 0 Å². The van der Waals surface area contributed by atoms with Gasteiger partial charge < -0.3 is 14.8 Å². The van der Waals surface area contributed by atoms with Gasteiger partial charge in [-0.1, -0.05) is 39.8 Å². The summed E-state index contributed by atoms with van der Waals surface area (Å²) in [6.45, 7) is 14.1. The van der Waals surface area contributed by atoms with E-state index in [4.69, 9.17) is 4.84 Å². The van der Waals surface area contributed by atoms with E-state index < -0.39 is 6.10 Å². The maximum atomic E-state index is 10.0. The molecule has 0 unspecified atom stereocenters. The quantitative estimate of drug-likeness (QED) is 0.735. The molecule has 0 heterocycles. The lowest BCUT2D eigenvalue weighted by molar-refractivity contribution is 0.0193. The zero-order chi connectivity index (χ0) is 15.7. The molecule has 0 amide bonds. The average Bonchev–Trinajstić information content (AvgIpc) is 2.78. The Kier molecular flexibility index (Phi) is 4.99. The Morgan fingerprint density at radius 3 is 2.48 bits per heavy atom. The molecular formula is C17H32N2O2. The number of fused-ring (bicyclic) bond motifs is 2. The summed E-state index contributed by atoms with van der Waals surface area (Å²) >= 11 is 0. The van der Waals surface area contributed by atoms with E-state index >= 15 is 0 Å². The first-order valence-corrected chi connectivity index (χ1v) is 8.44. The van der Waals surface area contributed by atoms with Crippen LogP contribution in [0.25, 0.3) is 0 Å². The molecule has 2 aliphatic carbocycles. The number of aliphatic hydroxyl groups is 1. The number of aliphatic hydroxyl groups excluding tert-OH is 1. The van der Waals surface area contributed by atoms with Crippen molar-refractivity contribution in [1.82, 2.24) is 4.90 Å². The maximum Gasteiger partial charge on any atom is 0.144 e. The Balaban J connectivity index is 1.86. The number of hydrogen-bond donors (Lipinski definition) is 1. The molecule has 2 fully saturated rings. The van der Waals surface area contributed by atoms with Crippen LogP contribution in [-0.4, -0.2) is 48.1 Å². The fourth-order valence-electron chi connectivity index (χ4n) is 4.10. The Morgan fingerprint density at radius 1 is 1.33 bits per heavy atom. The van der Waals surface area contributed by atoms with E-state index in [-0.39, 0.29) is 5.41 Å². The standard InChI is InChI=1S/C17H32N2O2/c1-6-19(7-2)11-14(20)12-21-18-15-10-13-8-9-17(15,5)16(13,3)4/h13-14,20H,6-12H2,1-5H3/b18-15+/t13-,14-,17+/m1/s1. The summed E-state index contributed by atoms with van der Waals surface area (Å²) in [5.74, 6) is 0.741. The van der Waals surface area contributed by atoms with E-state index in [9.17, 15) is 5.11 Å². The van der Waals surface area contributed by atoms with Crippen molar-refractivity contribution < 1.29 is 9.94 Å². The second-order valence-corrected chi connectivity index (χ2v) is 7.47. The molecule has 1 N–H and O–H groups in total. The SMILES string of the molecule is CCN(CC)C[C@@H](O)CO/N=C1\C[C@H]2CC[C@]1(C)C2(C)C. The van der Waals surface area contributed by atoms with Gasteiger partial charge in [0.25, 0.3) is 0 Å². The van der Waals surface area contributed by atoms with Gasteiger partial charge in [-0.05, 0) is 43.7 Å². The molecule has 0 aliphatic heterocycles. The molecular weight excluding hydrogens is 264 g/mol. The minimum absolute atomic E-state index is 0.182. The lowest BCUT2D eigenvalue weighted by Gasteiger charge is -2.34. The molecule has 2 aliphatic rings. The summed E-state index contributed by atoms with van der Waals surface area (Å²) in [5, 5.41) is 14.4. The van der Waals surface area contributed by atoms with Gasteiger partial charge in [0, 0.05) is 12.0 Å². The number of nitrogens with zero attached hydrogens (tertiary/aromatic N) is 2. The van der Waals surface area contributed by atoms with E-state index in [0.717, 1.165) is 25.4 Å². The zero-order valence-electron chi connectivity index (χ0n) is 14.4. The molecule has 4 heteroatoms. The summed E-state index contributed by atoms with van der Waals surface area (Å²) in [7, 11) is 0. The van der Waals surface area contributed by atoms with Crippen molar-refractivity contribution in [2.75, 3.05) is 26.2 Å². The van der Waals surface area contributed by atoms with E-state index in [1.807, 2.05) is 0 Å². The van der Waals surface area contributed by atoms with Crippen LogP contribution in [-0.2, 0) is 4.84 Å². The molecule has 0 saturated heterocycles. The van der Waals surface area contributed by atoms with Crippen LogP contribution < -0.4 is 0 Å². The van der Waals surface area contributed by atoms with Gasteiger partial charge in [-0.25, -0.2) is 0 Å². The first kappa shape index (κ1) is 16.8. The second-order valence-electron chi connectivity index (χ2n) is 7.47. The molecule has 0 spiro atoms. The van der Waals surface area contributed by atoms with E-state index in [2.05, 4.69) is 44.7 Å². The van der Waals surface area contributed by atoms with Crippen molar-refractivity contribution >= 4 is 5.71 Å². The van der Waals surface area contributed by atoms with Gasteiger partial charge in [-0.15, -0.1) is 0 Å². The number of hydrogen-bond acceptors (Lipinski definition) is 4. The molecule has 0 aromatic heterocycles. The molecule has 2 rings (SSSR count). The molecule has 21 heavy (non-hydrogen) atoms. The molecule has 0 aromatic carbocycles. The van der Waals surface area contributed by atoms with Gasteiger partial charge in [-0.2, -0.15) is 0 Å². The summed E-state index contributed by atoms with van der Waals surface area (Å²) < 4.78 is 0. The number of rotatable bonds is 7. The third-order valence-corrected chi connectivity index (χ3v) is 6.32. The zero-order valence-corrected chi connectivity index (χ0v) is 14.4. The van der Waals surface area contributed by atoms with Crippen molar-refractivity contribution in [1.29, 1.82) is 0 Å². The largest absolute Gasteiger partial charge is 0.393 e. The lowest BCUT2D eigenvalue weighted by atomic mass is 9.70. The first-order valence-electron chi connectivity index (χ1n) is 8.44. The predicted octanol–water partition coefficient (Wildman–Crippen LogP) is 2.91. The average molecular weight is 296 g/mol. The van der Waals surface area contributed by atoms with Crippen LogP contribution in [0, 0.1) is 16.7 Å². The van der Waals surface area contributed by atoms with Crippen molar-refractivity contribution in [3.05, 3.63) is 0 Å². The van der Waals surface area contributed by atoms with Crippen LogP contribution in [0.2, 0.25) is 0 Å². The summed E-state index contributed by atoms with van der Waals surface area (Å²) in [5.41, 5.74) is 1.72. The summed E-state index contributed by atoms with van der Waals surface area (Å²) in [6, 6.07) is 0. The Bertz CT molecular complexity index is 390. The topological polar surface area (TPSA) is 45.1 Å². The van der Waals surface area contributed by atoms with Gasteiger partial charge in [0.15, 0.2) is 0 Å². The second kappa shape index (κ2) is 6.25. The molecule has 4 nitrogen and oxygen atoms in total. The highest BCUT2D eigenvalue weighted by Crippen LogP contribution is 2.63. The molecule has 2 saturated carbocycles. The molecule has 0 radical (unpaired) electrons. The molecule has 3 atom stereocenters. The fraction of sp³-hybridized carbons (Fsp3) is 0.941. The normalized spacial score (nSPS) is 33.9. The summed E-state index contributed by atoms with van der Waals surface area (Å²) in [6.07, 6.45) is 3.13. The van der Waals surface area contributed by atoms with Gasteiger partial charge in [0.1, 0.15) is 12.7 Å². The Labute approximate surface area is 129 Å². The predicted molar refractivity (Wildman–Crippen MR) is 86.4 cm³/mol. The molecule has 0 aromatic rings. The Hall–Kier alpha value is -0.610. The van der Waals surface area contributed by atoms with Crippen molar-refractivity contribution in [2.45, 2.75) is 60.0 Å². The minimum atomic E-state index is -0.464. The highest BCUT2D eigenvalue weighted by atomic mass is 16.6. The number of likely N-dealkylation sites (N-methyl/N-ethyl adjacent to an activating group) is 1. The van der Waals surface area contributed by atoms with Crippen molar-refractivity contribution in [3.8, 4) is 0 Å². The van der Waals surface area contributed by atoms with Crippen LogP contribution in [0.5, 0.6) is 0 Å². The van der Waals surface area contributed by atoms with Crippen LogP contribution in [0.1, 0.15) is 53.9 Å². The molecule has 122 valence electrons. The number of oxime groups is 1. The van der Waals surface area contributed by atoms with Crippen molar-refractivity contribution in [2.24, 2.45) is 21.9 Å². The highest BCUT2D eigenvalue weighted by Gasteiger charge is 2.60. The van der Waals surface area contributed by atoms with Gasteiger partial charge in [0.2, 0.25) is 0 Å². The van der Waals surface area contributed by atoms with Crippen LogP contribution in [0.3, 0.4) is 0 Å². The molecule has 2 bridgehead atoms. The van der Waals surface area contributed by atoms with E-state index in [1.165, 1.54) is 18.6 Å². The van der Waals surface area contributed by atoms with Crippen LogP contribution in [0.15, 0.2) is 5.16 Å². The minimum Gasteiger partial charge on any atom is -0.393 e. The fourth-order valence-corrected chi connectivity index (χ4v) is 4.10. The Morgan fingerprint density at radius 2 is 2.00 bits per heavy atom. The van der Waals surface area contributed by atoms with Crippen LogP contribution in [0.4, 0.5) is 0 Å². The monoisotopic (exact) mass is 296 g/mol. The van der Waals surface area contributed by atoms with E-state index in [1.54, 1.807) is 0 Å². The third kappa shape index (κ3) is 2.98. The van der Waals surface area contributed by atoms with Gasteiger partial charge >= 0.3 is 0 Å². The first-order chi connectivity index (χ1) is 9.85. The lowest BCUT2D eigenvalue weighted by Crippen LogP contribution is -2.35. The van der Waals surface area contributed by atoms with Gasteiger partial charge in [-0.3, -0.25) is 0 Å². The van der Waals surface area contributed by atoms with Gasteiger partial charge in [0.05, 0.1) is 5.71 Å². The smallest absolute Gasteiger partial charge is 0.144 e. The van der Waals surface area contributed by atoms with Crippen LogP contribution >= 0.6 is 0 Å².